The van der Waals surface area contributed by atoms with Crippen LogP contribution in [-0.4, -0.2) is 30.7 Å². The van der Waals surface area contributed by atoms with E-state index in [0.717, 1.165) is 31.7 Å². The van der Waals surface area contributed by atoms with Crippen molar-refractivity contribution in [2.45, 2.75) is 45.6 Å². The third-order valence-electron chi connectivity index (χ3n) is 3.64. The predicted molar refractivity (Wildman–Crippen MR) is 96.7 cm³/mol. The molecule has 21 heavy (non-hydrogen) atoms. The highest BCUT2D eigenvalue weighted by Gasteiger charge is 2.20. The first-order valence-electron chi connectivity index (χ1n) is 7.99. The van der Waals surface area contributed by atoms with Gasteiger partial charge in [-0.2, -0.15) is 11.8 Å². The third-order valence-corrected chi connectivity index (χ3v) is 5.43. The minimum Gasteiger partial charge on any atom is -0.493 e. The van der Waals surface area contributed by atoms with E-state index in [9.17, 15) is 0 Å². The van der Waals surface area contributed by atoms with Gasteiger partial charge in [-0.15, -0.1) is 0 Å². The van der Waals surface area contributed by atoms with E-state index in [1.807, 2.05) is 0 Å². The van der Waals surface area contributed by atoms with Crippen molar-refractivity contribution in [3.05, 3.63) is 27.7 Å². The Morgan fingerprint density at radius 2 is 2.19 bits per heavy atom. The Kier molecular flexibility index (Phi) is 7.41. The summed E-state index contributed by atoms with van der Waals surface area (Å²) in [5, 5.41) is 3.70. The van der Waals surface area contributed by atoms with E-state index in [2.05, 4.69) is 59.0 Å². The molecule has 1 atom stereocenters. The number of nitrogens with one attached hydrogen (secondary N) is 1. The number of thioether (sulfide) groups is 1. The summed E-state index contributed by atoms with van der Waals surface area (Å²) in [7, 11) is 0. The number of hydrogen-bond donors (Lipinski definition) is 1. The van der Waals surface area contributed by atoms with Crippen molar-refractivity contribution >= 4 is 27.7 Å². The van der Waals surface area contributed by atoms with Crippen LogP contribution in [0.4, 0.5) is 0 Å². The zero-order valence-corrected chi connectivity index (χ0v) is 15.5. The van der Waals surface area contributed by atoms with Gasteiger partial charge in [0, 0.05) is 22.7 Å². The molecular formula is C17H26BrNOS. The molecule has 1 aromatic rings. The summed E-state index contributed by atoms with van der Waals surface area (Å²) >= 11 is 5.69. The van der Waals surface area contributed by atoms with Crippen LogP contribution in [-0.2, 0) is 12.8 Å². The number of benzene rings is 1. The van der Waals surface area contributed by atoms with Crippen molar-refractivity contribution in [1.29, 1.82) is 0 Å². The maximum atomic E-state index is 5.86. The van der Waals surface area contributed by atoms with Crippen LogP contribution in [0.25, 0.3) is 0 Å². The van der Waals surface area contributed by atoms with Crippen molar-refractivity contribution in [2.75, 3.05) is 24.7 Å². The quantitative estimate of drug-likeness (QED) is 0.648. The average Bonchev–Trinajstić information content (AvgIpc) is 2.93. The minimum absolute atomic E-state index is 0.532. The minimum atomic E-state index is 0.532. The standard InChI is InChI=1S/C17H26BrNOS/c1-3-6-19-16(12-21-8-4-2)11-14-10-15(18)9-13-5-7-20-17(13)14/h9-10,16,19H,3-8,11-12H2,1-2H3. The smallest absolute Gasteiger partial charge is 0.125 e. The summed E-state index contributed by atoms with van der Waals surface area (Å²) in [6, 6.07) is 4.96. The molecule has 1 unspecified atom stereocenters. The highest BCUT2D eigenvalue weighted by molar-refractivity contribution is 9.10. The first-order chi connectivity index (χ1) is 10.2. The van der Waals surface area contributed by atoms with Gasteiger partial charge in [0.25, 0.3) is 0 Å². The summed E-state index contributed by atoms with van der Waals surface area (Å²) in [6.07, 6.45) is 4.53. The molecular weight excluding hydrogens is 346 g/mol. The number of ether oxygens (including phenoxy) is 1. The molecule has 0 fully saturated rings. The van der Waals surface area contributed by atoms with Crippen LogP contribution in [0.3, 0.4) is 0 Å². The molecule has 0 saturated carbocycles. The van der Waals surface area contributed by atoms with Crippen molar-refractivity contribution in [3.63, 3.8) is 0 Å². The summed E-state index contributed by atoms with van der Waals surface area (Å²) < 4.78 is 7.04. The third kappa shape index (κ3) is 5.19. The van der Waals surface area contributed by atoms with Crippen molar-refractivity contribution in [1.82, 2.24) is 5.32 Å². The number of rotatable bonds is 9. The Bertz CT molecular complexity index is 453. The second kappa shape index (κ2) is 9.06. The van der Waals surface area contributed by atoms with E-state index in [1.54, 1.807) is 0 Å². The second-order valence-electron chi connectivity index (χ2n) is 5.58. The molecule has 0 aromatic heterocycles. The van der Waals surface area contributed by atoms with Gasteiger partial charge in [-0.3, -0.25) is 0 Å². The summed E-state index contributed by atoms with van der Waals surface area (Å²) in [6.45, 7) is 6.39. The number of halogens is 1. The molecule has 4 heteroatoms. The van der Waals surface area contributed by atoms with E-state index in [1.165, 1.54) is 39.9 Å². The predicted octanol–water partition coefficient (Wildman–Crippen LogP) is 4.44. The Labute approximate surface area is 141 Å². The molecule has 1 aromatic carbocycles. The van der Waals surface area contributed by atoms with Crippen LogP contribution in [0, 0.1) is 0 Å². The van der Waals surface area contributed by atoms with Gasteiger partial charge < -0.3 is 10.1 Å². The first kappa shape index (κ1) is 17.2. The summed E-state index contributed by atoms with van der Waals surface area (Å²) in [5.74, 6) is 3.56. The molecule has 0 bridgehead atoms. The van der Waals surface area contributed by atoms with Crippen LogP contribution < -0.4 is 10.1 Å². The van der Waals surface area contributed by atoms with Crippen LogP contribution in [0.2, 0.25) is 0 Å². The molecule has 0 aliphatic carbocycles. The van der Waals surface area contributed by atoms with E-state index in [0.29, 0.717) is 6.04 Å². The molecule has 1 N–H and O–H groups in total. The van der Waals surface area contributed by atoms with Crippen molar-refractivity contribution in [2.24, 2.45) is 0 Å². The molecule has 2 rings (SSSR count). The van der Waals surface area contributed by atoms with Crippen LogP contribution >= 0.6 is 27.7 Å². The Hall–Kier alpha value is -0.190. The van der Waals surface area contributed by atoms with Gasteiger partial charge in [0.15, 0.2) is 0 Å². The van der Waals surface area contributed by atoms with Crippen LogP contribution in [0.15, 0.2) is 16.6 Å². The monoisotopic (exact) mass is 371 g/mol. The Morgan fingerprint density at radius 1 is 1.33 bits per heavy atom. The van der Waals surface area contributed by atoms with Gasteiger partial charge in [-0.1, -0.05) is 29.8 Å². The average molecular weight is 372 g/mol. The van der Waals surface area contributed by atoms with E-state index < -0.39 is 0 Å². The molecule has 0 amide bonds. The lowest BCUT2D eigenvalue weighted by Gasteiger charge is -2.20. The van der Waals surface area contributed by atoms with Gasteiger partial charge in [0.2, 0.25) is 0 Å². The Balaban J connectivity index is 2.04. The highest BCUT2D eigenvalue weighted by Crippen LogP contribution is 2.33. The van der Waals surface area contributed by atoms with Gasteiger partial charge in [-0.05, 0) is 54.8 Å². The zero-order chi connectivity index (χ0) is 15.1. The second-order valence-corrected chi connectivity index (χ2v) is 7.65. The van der Waals surface area contributed by atoms with Crippen molar-refractivity contribution in [3.8, 4) is 5.75 Å². The largest absolute Gasteiger partial charge is 0.493 e. The van der Waals surface area contributed by atoms with E-state index >= 15 is 0 Å². The number of fused-ring (bicyclic) bond motifs is 1. The molecule has 0 saturated heterocycles. The molecule has 1 heterocycles. The lowest BCUT2D eigenvalue weighted by Crippen LogP contribution is -2.34. The SMILES string of the molecule is CCCNC(CSCCC)Cc1cc(Br)cc2c1OCC2. The lowest BCUT2D eigenvalue weighted by atomic mass is 10.0. The number of hydrogen-bond acceptors (Lipinski definition) is 3. The van der Waals surface area contributed by atoms with Gasteiger partial charge in [-0.25, -0.2) is 0 Å². The van der Waals surface area contributed by atoms with Gasteiger partial charge in [0.1, 0.15) is 5.75 Å². The molecule has 118 valence electrons. The fraction of sp³-hybridized carbons (Fsp3) is 0.647. The van der Waals surface area contributed by atoms with E-state index in [-0.39, 0.29) is 0 Å². The molecule has 1 aliphatic heterocycles. The fourth-order valence-electron chi connectivity index (χ4n) is 2.67. The highest BCUT2D eigenvalue weighted by atomic mass is 79.9. The van der Waals surface area contributed by atoms with Crippen LogP contribution in [0.5, 0.6) is 5.75 Å². The maximum absolute atomic E-state index is 5.86. The van der Waals surface area contributed by atoms with Gasteiger partial charge in [0.05, 0.1) is 6.61 Å². The van der Waals surface area contributed by atoms with Crippen molar-refractivity contribution < 1.29 is 4.74 Å². The summed E-state index contributed by atoms with van der Waals surface area (Å²) in [5.41, 5.74) is 2.71. The molecule has 2 nitrogen and oxygen atoms in total. The zero-order valence-electron chi connectivity index (χ0n) is 13.1. The maximum Gasteiger partial charge on any atom is 0.125 e. The normalized spacial score (nSPS) is 14.8. The van der Waals surface area contributed by atoms with E-state index in [4.69, 9.17) is 4.74 Å². The molecule has 0 spiro atoms. The van der Waals surface area contributed by atoms with Gasteiger partial charge >= 0.3 is 0 Å². The van der Waals surface area contributed by atoms with Crippen LogP contribution in [0.1, 0.15) is 37.8 Å². The topological polar surface area (TPSA) is 21.3 Å². The first-order valence-corrected chi connectivity index (χ1v) is 9.94. The Morgan fingerprint density at radius 3 is 2.95 bits per heavy atom. The molecule has 0 radical (unpaired) electrons. The lowest BCUT2D eigenvalue weighted by molar-refractivity contribution is 0.352. The summed E-state index contributed by atoms with van der Waals surface area (Å²) in [4.78, 5) is 0. The molecule has 1 aliphatic rings. The fourth-order valence-corrected chi connectivity index (χ4v) is 4.20.